The molecule has 3 aromatic rings. The number of ether oxygens (including phenoxy) is 3. The first kappa shape index (κ1) is 32.7. The molecule has 0 amide bonds. The molecule has 11 nitrogen and oxygen atoms in total. The van der Waals surface area contributed by atoms with Gasteiger partial charge in [-0.3, -0.25) is 4.90 Å². The Labute approximate surface area is 246 Å². The summed E-state index contributed by atoms with van der Waals surface area (Å²) >= 11 is 1.30. The number of carboxylic acid groups (broad SMARTS) is 1. The van der Waals surface area contributed by atoms with Gasteiger partial charge in [0, 0.05) is 38.9 Å². The van der Waals surface area contributed by atoms with E-state index in [-0.39, 0.29) is 29.4 Å². The first-order chi connectivity index (χ1) is 20.3. The van der Waals surface area contributed by atoms with Crippen LogP contribution in [0.1, 0.15) is 11.6 Å². The van der Waals surface area contributed by atoms with Gasteiger partial charge in [0.15, 0.2) is 5.13 Å². The minimum absolute atomic E-state index is 0.0889. The first-order valence-corrected chi connectivity index (χ1v) is 15.0. The fourth-order valence-electron chi connectivity index (χ4n) is 4.38. The van der Waals surface area contributed by atoms with Crippen molar-refractivity contribution in [2.24, 2.45) is 0 Å². The van der Waals surface area contributed by atoms with Crippen molar-refractivity contribution in [3.05, 3.63) is 47.5 Å². The molecular weight excluding hydrogens is 627 g/mol. The number of rotatable bonds is 9. The van der Waals surface area contributed by atoms with Gasteiger partial charge in [0.05, 0.1) is 52.6 Å². The van der Waals surface area contributed by atoms with E-state index in [1.54, 1.807) is 6.07 Å². The number of aromatic nitrogens is 1. The number of alkyl halides is 3. The van der Waals surface area contributed by atoms with Gasteiger partial charge < -0.3 is 24.6 Å². The van der Waals surface area contributed by atoms with Gasteiger partial charge in [0.2, 0.25) is 10.0 Å². The lowest BCUT2D eigenvalue weighted by Crippen LogP contribution is -2.49. The maximum absolute atomic E-state index is 14.3. The van der Waals surface area contributed by atoms with Crippen LogP contribution in [-0.4, -0.2) is 94.8 Å². The lowest BCUT2D eigenvalue weighted by atomic mass is 10.1. The Kier molecular flexibility index (Phi) is 10.4. The SMILES string of the molecule is COCC(CN1CCOCC1)NS(=O)(=O)c1ccc2sc(NC3COc4cc(F)cc(F)c43)nc2c1.O=C(O)C(F)(F)F. The van der Waals surface area contributed by atoms with Crippen molar-refractivity contribution in [2.75, 3.05) is 58.5 Å². The molecule has 0 saturated carbocycles. The van der Waals surface area contributed by atoms with Crippen LogP contribution in [0.3, 0.4) is 0 Å². The number of aliphatic carboxylic acids is 1. The first-order valence-electron chi connectivity index (χ1n) is 12.7. The summed E-state index contributed by atoms with van der Waals surface area (Å²) < 4.78 is 105. The maximum Gasteiger partial charge on any atom is 0.490 e. The van der Waals surface area contributed by atoms with Crippen LogP contribution in [0.15, 0.2) is 35.2 Å². The van der Waals surface area contributed by atoms with E-state index in [2.05, 4.69) is 19.9 Å². The van der Waals surface area contributed by atoms with E-state index in [1.807, 2.05) is 0 Å². The number of carbonyl (C=O) groups is 1. The molecule has 3 heterocycles. The van der Waals surface area contributed by atoms with Crippen molar-refractivity contribution in [2.45, 2.75) is 23.2 Å². The Morgan fingerprint density at radius 3 is 2.58 bits per heavy atom. The standard InChI is InChI=1S/C23H26F2N4O5S2.C2HF3O2/c1-32-12-15(11-29-4-6-33-7-5-29)28-36(30,31)16-2-3-21-18(10-16)26-23(35-21)27-19-13-34-20-9-14(24)8-17(25)22(19)20;3-2(4,5)1(6)7/h2-3,8-10,15,19,28H,4-7,11-13H2,1H3,(H,26,27);(H,6,7). The fraction of sp³-hybridized carbons (Fsp3) is 0.440. The zero-order valence-electron chi connectivity index (χ0n) is 22.5. The van der Waals surface area contributed by atoms with E-state index >= 15 is 0 Å². The highest BCUT2D eigenvalue weighted by Gasteiger charge is 2.38. The summed E-state index contributed by atoms with van der Waals surface area (Å²) in [5.74, 6) is -3.99. The van der Waals surface area contributed by atoms with Crippen LogP contribution >= 0.6 is 11.3 Å². The molecule has 1 fully saturated rings. The van der Waals surface area contributed by atoms with Crippen molar-refractivity contribution >= 4 is 42.7 Å². The van der Waals surface area contributed by atoms with Gasteiger partial charge in [0.25, 0.3) is 0 Å². The molecule has 2 aliphatic heterocycles. The number of nitrogens with one attached hydrogen (secondary N) is 2. The van der Waals surface area contributed by atoms with E-state index < -0.39 is 45.9 Å². The molecule has 2 aliphatic rings. The topological polar surface area (TPSA) is 139 Å². The second kappa shape index (κ2) is 13.6. The van der Waals surface area contributed by atoms with Crippen molar-refractivity contribution in [1.29, 1.82) is 0 Å². The maximum atomic E-state index is 14.3. The van der Waals surface area contributed by atoms with Crippen molar-refractivity contribution in [3.8, 4) is 5.75 Å². The summed E-state index contributed by atoms with van der Waals surface area (Å²) in [6, 6.07) is 5.73. The summed E-state index contributed by atoms with van der Waals surface area (Å²) in [5, 5.41) is 10.7. The Morgan fingerprint density at radius 2 is 1.93 bits per heavy atom. The Bertz CT molecular complexity index is 1550. The molecule has 236 valence electrons. The molecule has 2 atom stereocenters. The highest BCUT2D eigenvalue weighted by molar-refractivity contribution is 7.89. The second-order valence-corrected chi connectivity index (χ2v) is 12.2. The largest absolute Gasteiger partial charge is 0.490 e. The van der Waals surface area contributed by atoms with E-state index in [4.69, 9.17) is 24.1 Å². The number of sulfonamides is 1. The summed E-state index contributed by atoms with van der Waals surface area (Å²) in [6.07, 6.45) is -5.08. The molecule has 5 rings (SSSR count). The molecule has 3 N–H and O–H groups in total. The van der Waals surface area contributed by atoms with Gasteiger partial charge in [-0.05, 0) is 18.2 Å². The number of morpholine rings is 1. The summed E-state index contributed by atoms with van der Waals surface area (Å²) in [5.41, 5.74) is 0.730. The quantitative estimate of drug-likeness (QED) is 0.295. The van der Waals surface area contributed by atoms with Crippen LogP contribution in [-0.2, 0) is 24.3 Å². The van der Waals surface area contributed by atoms with Crippen LogP contribution in [0.25, 0.3) is 10.2 Å². The average Bonchev–Trinajstić information content (AvgIpc) is 3.52. The molecule has 0 aliphatic carbocycles. The van der Waals surface area contributed by atoms with Gasteiger partial charge in [-0.2, -0.15) is 13.2 Å². The number of anilines is 1. The molecule has 0 bridgehead atoms. The molecule has 0 spiro atoms. The van der Waals surface area contributed by atoms with Gasteiger partial charge in [0.1, 0.15) is 24.0 Å². The average molecular weight is 655 g/mol. The Balaban J connectivity index is 0.000000541. The molecule has 2 aromatic carbocycles. The number of methoxy groups -OCH3 is 1. The highest BCUT2D eigenvalue weighted by atomic mass is 32.2. The fourth-order valence-corrected chi connectivity index (χ4v) is 6.51. The van der Waals surface area contributed by atoms with Gasteiger partial charge in [-0.25, -0.2) is 31.7 Å². The number of hydrogen-bond acceptors (Lipinski definition) is 10. The van der Waals surface area contributed by atoms with Gasteiger partial charge in [-0.1, -0.05) is 11.3 Å². The van der Waals surface area contributed by atoms with E-state index in [1.165, 1.54) is 30.6 Å². The molecule has 2 unspecified atom stereocenters. The second-order valence-electron chi connectivity index (χ2n) is 9.45. The summed E-state index contributed by atoms with van der Waals surface area (Å²) in [7, 11) is -2.30. The number of halogens is 5. The molecule has 0 radical (unpaired) electrons. The van der Waals surface area contributed by atoms with Crippen LogP contribution in [0.5, 0.6) is 5.75 Å². The van der Waals surface area contributed by atoms with E-state index in [0.717, 1.165) is 29.9 Å². The van der Waals surface area contributed by atoms with Crippen LogP contribution in [0.4, 0.5) is 27.1 Å². The predicted octanol–water partition coefficient (Wildman–Crippen LogP) is 3.38. The normalized spacial score (nSPS) is 18.0. The number of fused-ring (bicyclic) bond motifs is 2. The Hall–Kier alpha value is -3.16. The van der Waals surface area contributed by atoms with Crippen molar-refractivity contribution < 1.29 is 54.5 Å². The minimum Gasteiger partial charge on any atom is -0.490 e. The van der Waals surface area contributed by atoms with Crippen LogP contribution in [0.2, 0.25) is 0 Å². The molecular formula is C25H27F5N4O7S2. The molecule has 43 heavy (non-hydrogen) atoms. The van der Waals surface area contributed by atoms with Crippen LogP contribution < -0.4 is 14.8 Å². The smallest absolute Gasteiger partial charge is 0.490 e. The zero-order chi connectivity index (χ0) is 31.4. The van der Waals surface area contributed by atoms with Crippen molar-refractivity contribution in [1.82, 2.24) is 14.6 Å². The highest BCUT2D eigenvalue weighted by Crippen LogP contribution is 2.38. The number of thiazole rings is 1. The van der Waals surface area contributed by atoms with E-state index in [9.17, 15) is 30.4 Å². The number of benzene rings is 2. The van der Waals surface area contributed by atoms with Crippen molar-refractivity contribution in [3.63, 3.8) is 0 Å². The third kappa shape index (κ3) is 8.48. The number of nitrogens with zero attached hydrogens (tertiary/aromatic N) is 2. The number of carboxylic acids is 1. The minimum atomic E-state index is -5.08. The number of hydrogen-bond donors (Lipinski definition) is 3. The molecule has 18 heteroatoms. The predicted molar refractivity (Wildman–Crippen MR) is 145 cm³/mol. The zero-order valence-corrected chi connectivity index (χ0v) is 24.1. The summed E-state index contributed by atoms with van der Waals surface area (Å²) in [4.78, 5) is 15.6. The summed E-state index contributed by atoms with van der Waals surface area (Å²) in [6.45, 7) is 3.57. The Morgan fingerprint density at radius 1 is 1.23 bits per heavy atom. The monoisotopic (exact) mass is 654 g/mol. The third-order valence-corrected chi connectivity index (χ3v) is 8.78. The van der Waals surface area contributed by atoms with E-state index in [0.29, 0.717) is 30.4 Å². The molecule has 1 saturated heterocycles. The van der Waals surface area contributed by atoms with Gasteiger partial charge in [-0.15, -0.1) is 0 Å². The molecule has 1 aromatic heterocycles. The third-order valence-electron chi connectivity index (χ3n) is 6.29. The lowest BCUT2D eigenvalue weighted by molar-refractivity contribution is -0.192. The van der Waals surface area contributed by atoms with Gasteiger partial charge >= 0.3 is 12.1 Å². The van der Waals surface area contributed by atoms with Crippen LogP contribution in [0, 0.1) is 11.6 Å². The lowest BCUT2D eigenvalue weighted by Gasteiger charge is -2.30.